The smallest absolute Gasteiger partial charge is 0.352 e. The molecule has 2 aromatic carbocycles. The molecule has 0 radical (unpaired) electrons. The zero-order valence-corrected chi connectivity index (χ0v) is 16.1. The maximum atomic E-state index is 13.1. The van der Waals surface area contributed by atoms with Crippen molar-refractivity contribution in [2.24, 2.45) is 7.05 Å². The molecular weight excluding hydrogens is 373 g/mol. The largest absolute Gasteiger partial charge is 0.477 e. The minimum atomic E-state index is -1.03. The molecule has 1 aromatic heterocycles. The highest BCUT2D eigenvalue weighted by Gasteiger charge is 2.26. The molecule has 29 heavy (non-hydrogen) atoms. The minimum Gasteiger partial charge on any atom is -0.477 e. The number of carboxylic acids is 1. The van der Waals surface area contributed by atoms with E-state index < -0.39 is 5.97 Å². The van der Waals surface area contributed by atoms with Gasteiger partial charge in [-0.15, -0.1) is 0 Å². The van der Waals surface area contributed by atoms with Crippen LogP contribution in [0.2, 0.25) is 0 Å². The summed E-state index contributed by atoms with van der Waals surface area (Å²) in [6.45, 7) is 2.39. The lowest BCUT2D eigenvalue weighted by molar-refractivity contribution is -0.130. The van der Waals surface area contributed by atoms with Crippen molar-refractivity contribution in [3.8, 4) is 0 Å². The molecule has 7 heteroatoms. The number of carbonyl (C=O) groups excluding carboxylic acids is 1. The Kier molecular flexibility index (Phi) is 4.96. The number of aromatic nitrogens is 1. The van der Waals surface area contributed by atoms with E-state index in [9.17, 15) is 19.1 Å². The van der Waals surface area contributed by atoms with Crippen LogP contribution < -0.4 is 4.90 Å². The predicted molar refractivity (Wildman–Crippen MR) is 109 cm³/mol. The summed E-state index contributed by atoms with van der Waals surface area (Å²) in [5.74, 6) is -1.39. The van der Waals surface area contributed by atoms with E-state index in [0.29, 0.717) is 31.7 Å². The van der Waals surface area contributed by atoms with Crippen LogP contribution in [0.4, 0.5) is 10.1 Å². The second-order valence-corrected chi connectivity index (χ2v) is 7.23. The van der Waals surface area contributed by atoms with E-state index in [1.165, 1.54) is 12.1 Å². The number of para-hydroxylation sites is 1. The quantitative estimate of drug-likeness (QED) is 0.738. The molecule has 1 saturated heterocycles. The molecule has 0 aliphatic carbocycles. The van der Waals surface area contributed by atoms with Crippen molar-refractivity contribution in [3.63, 3.8) is 0 Å². The standard InChI is InChI=1S/C22H22FN3O3/c1-24-19-5-3-2-4-17(19)18(21(24)22(28)29)14-20(27)26-12-10-25(11-13-26)16-8-6-15(23)7-9-16/h2-9H,10-14H2,1H3,(H,28,29). The zero-order valence-electron chi connectivity index (χ0n) is 16.1. The first-order valence-corrected chi connectivity index (χ1v) is 9.53. The number of aryl methyl sites for hydroxylation is 1. The molecule has 2 heterocycles. The number of nitrogens with zero attached hydrogens (tertiary/aromatic N) is 3. The van der Waals surface area contributed by atoms with Gasteiger partial charge in [-0.1, -0.05) is 18.2 Å². The van der Waals surface area contributed by atoms with Crippen molar-refractivity contribution < 1.29 is 19.1 Å². The van der Waals surface area contributed by atoms with Gasteiger partial charge in [0.05, 0.1) is 6.42 Å². The topological polar surface area (TPSA) is 65.8 Å². The number of carboxylic acid groups (broad SMARTS) is 1. The first-order chi connectivity index (χ1) is 14.0. The number of piperazine rings is 1. The van der Waals surface area contributed by atoms with Crippen molar-refractivity contribution in [1.82, 2.24) is 9.47 Å². The van der Waals surface area contributed by atoms with Gasteiger partial charge in [-0.25, -0.2) is 9.18 Å². The average Bonchev–Trinajstić information content (AvgIpc) is 3.01. The third kappa shape index (κ3) is 3.55. The number of aromatic carboxylic acids is 1. The summed E-state index contributed by atoms with van der Waals surface area (Å²) in [6.07, 6.45) is 0.0551. The first-order valence-electron chi connectivity index (χ1n) is 9.53. The van der Waals surface area contributed by atoms with Gasteiger partial charge >= 0.3 is 5.97 Å². The van der Waals surface area contributed by atoms with Crippen molar-refractivity contribution in [2.45, 2.75) is 6.42 Å². The molecule has 0 atom stereocenters. The summed E-state index contributed by atoms with van der Waals surface area (Å²) in [5, 5.41) is 10.5. The van der Waals surface area contributed by atoms with Gasteiger partial charge in [-0.2, -0.15) is 0 Å². The Balaban J connectivity index is 1.50. The molecule has 0 unspecified atom stereocenters. The lowest BCUT2D eigenvalue weighted by Gasteiger charge is -2.36. The summed E-state index contributed by atoms with van der Waals surface area (Å²) in [6, 6.07) is 13.8. The van der Waals surface area contributed by atoms with Gasteiger partial charge in [0.25, 0.3) is 0 Å². The van der Waals surface area contributed by atoms with Crippen LogP contribution in [0.1, 0.15) is 16.1 Å². The van der Waals surface area contributed by atoms with Gasteiger partial charge < -0.3 is 19.5 Å². The second-order valence-electron chi connectivity index (χ2n) is 7.23. The number of halogens is 1. The number of benzene rings is 2. The maximum Gasteiger partial charge on any atom is 0.352 e. The molecule has 1 N–H and O–H groups in total. The van der Waals surface area contributed by atoms with Crippen molar-refractivity contribution in [1.29, 1.82) is 0 Å². The van der Waals surface area contributed by atoms with Gasteiger partial charge in [0.1, 0.15) is 11.5 Å². The number of anilines is 1. The maximum absolute atomic E-state index is 13.1. The Labute approximate surface area is 167 Å². The number of carbonyl (C=O) groups is 2. The molecular formula is C22H22FN3O3. The van der Waals surface area contributed by atoms with E-state index in [0.717, 1.165) is 16.6 Å². The lowest BCUT2D eigenvalue weighted by Crippen LogP contribution is -2.49. The summed E-state index contributed by atoms with van der Waals surface area (Å²) in [4.78, 5) is 28.6. The molecule has 4 rings (SSSR count). The highest BCUT2D eigenvalue weighted by Crippen LogP contribution is 2.27. The van der Waals surface area contributed by atoms with Crippen molar-refractivity contribution in [2.75, 3.05) is 31.1 Å². The fourth-order valence-electron chi connectivity index (χ4n) is 4.05. The molecule has 1 aliphatic rings. The number of hydrogen-bond acceptors (Lipinski definition) is 3. The second kappa shape index (κ2) is 7.58. The summed E-state index contributed by atoms with van der Waals surface area (Å²) in [7, 11) is 1.71. The Bertz CT molecular complexity index is 1070. The average molecular weight is 395 g/mol. The highest BCUT2D eigenvalue weighted by molar-refractivity contribution is 6.00. The molecule has 1 aliphatic heterocycles. The predicted octanol–water partition coefficient (Wildman–Crippen LogP) is 2.91. The third-order valence-electron chi connectivity index (χ3n) is 5.57. The van der Waals surface area contributed by atoms with Crippen LogP contribution in [-0.2, 0) is 18.3 Å². The van der Waals surface area contributed by atoms with E-state index in [2.05, 4.69) is 4.90 Å². The van der Waals surface area contributed by atoms with E-state index in [-0.39, 0.29) is 23.8 Å². The number of fused-ring (bicyclic) bond motifs is 1. The zero-order chi connectivity index (χ0) is 20.5. The lowest BCUT2D eigenvalue weighted by atomic mass is 10.1. The summed E-state index contributed by atoms with van der Waals surface area (Å²) in [5.41, 5.74) is 2.45. The monoisotopic (exact) mass is 395 g/mol. The van der Waals surface area contributed by atoms with Gasteiger partial charge in [0, 0.05) is 55.4 Å². The summed E-state index contributed by atoms with van der Waals surface area (Å²) < 4.78 is 14.7. The van der Waals surface area contributed by atoms with E-state index in [1.807, 2.05) is 24.3 Å². The van der Waals surface area contributed by atoms with Crippen LogP contribution >= 0.6 is 0 Å². The Morgan fingerprint density at radius 1 is 1.00 bits per heavy atom. The van der Waals surface area contributed by atoms with Gasteiger partial charge in [-0.05, 0) is 30.3 Å². The minimum absolute atomic E-state index is 0.0551. The molecule has 0 bridgehead atoms. The Morgan fingerprint density at radius 3 is 2.31 bits per heavy atom. The molecule has 0 saturated carbocycles. The summed E-state index contributed by atoms with van der Waals surface area (Å²) >= 11 is 0. The fourth-order valence-corrected chi connectivity index (χ4v) is 4.05. The van der Waals surface area contributed by atoms with Crippen molar-refractivity contribution in [3.05, 3.63) is 65.6 Å². The number of amides is 1. The fraction of sp³-hybridized carbons (Fsp3) is 0.273. The highest BCUT2D eigenvalue weighted by atomic mass is 19.1. The van der Waals surface area contributed by atoms with E-state index in [1.54, 1.807) is 28.6 Å². The normalized spacial score (nSPS) is 14.4. The van der Waals surface area contributed by atoms with Gasteiger partial charge in [0.2, 0.25) is 5.91 Å². The molecule has 0 spiro atoms. The Morgan fingerprint density at radius 2 is 1.66 bits per heavy atom. The van der Waals surface area contributed by atoms with Gasteiger partial charge in [-0.3, -0.25) is 4.79 Å². The molecule has 150 valence electrons. The third-order valence-corrected chi connectivity index (χ3v) is 5.57. The van der Waals surface area contributed by atoms with Crippen LogP contribution in [-0.4, -0.2) is 52.6 Å². The van der Waals surface area contributed by atoms with E-state index >= 15 is 0 Å². The molecule has 6 nitrogen and oxygen atoms in total. The molecule has 3 aromatic rings. The van der Waals surface area contributed by atoms with Gasteiger partial charge in [0.15, 0.2) is 0 Å². The van der Waals surface area contributed by atoms with E-state index in [4.69, 9.17) is 0 Å². The molecule has 1 amide bonds. The molecule has 1 fully saturated rings. The Hall–Kier alpha value is -3.35. The SMILES string of the molecule is Cn1c(C(=O)O)c(CC(=O)N2CCN(c3ccc(F)cc3)CC2)c2ccccc21. The van der Waals surface area contributed by atoms with Crippen LogP contribution in [0.15, 0.2) is 48.5 Å². The van der Waals surface area contributed by atoms with Crippen LogP contribution in [0.25, 0.3) is 10.9 Å². The van der Waals surface area contributed by atoms with Crippen molar-refractivity contribution >= 4 is 28.5 Å². The first kappa shape index (κ1) is 19.0. The van der Waals surface area contributed by atoms with Crippen LogP contribution in [0, 0.1) is 5.82 Å². The van der Waals surface area contributed by atoms with Crippen LogP contribution in [0.3, 0.4) is 0 Å². The number of hydrogen-bond donors (Lipinski definition) is 1. The van der Waals surface area contributed by atoms with Crippen LogP contribution in [0.5, 0.6) is 0 Å². The number of rotatable bonds is 4.